The molecule has 0 bridgehead atoms. The molecule has 1 fully saturated rings. The molecule has 2 aliphatic rings. The van der Waals surface area contributed by atoms with Gasteiger partial charge in [0.15, 0.2) is 0 Å². The van der Waals surface area contributed by atoms with Crippen molar-refractivity contribution in [1.29, 1.82) is 0 Å². The van der Waals surface area contributed by atoms with Gasteiger partial charge in [-0.3, -0.25) is 9.59 Å². The average Bonchev–Trinajstić information content (AvgIpc) is 2.60. The second kappa shape index (κ2) is 6.73. The van der Waals surface area contributed by atoms with Gasteiger partial charge in [0.2, 0.25) is 11.8 Å². The second-order valence-electron chi connectivity index (χ2n) is 7.03. The summed E-state index contributed by atoms with van der Waals surface area (Å²) in [6.45, 7) is 6.87. The number of amides is 2. The zero-order valence-electron chi connectivity index (χ0n) is 14.1. The van der Waals surface area contributed by atoms with E-state index in [4.69, 9.17) is 0 Å². The number of benzene rings is 1. The number of rotatable bonds is 2. The number of carbonyl (C=O) groups excluding carboxylic acids is 2. The lowest BCUT2D eigenvalue weighted by molar-refractivity contribution is -0.142. The minimum atomic E-state index is 0.0425. The summed E-state index contributed by atoms with van der Waals surface area (Å²) in [6.07, 6.45) is 2.55. The minimum Gasteiger partial charge on any atom is -0.342 e. The Balaban J connectivity index is 1.57. The predicted octanol–water partition coefficient (Wildman–Crippen LogP) is 2.47. The molecular formula is C19H26N2O2. The van der Waals surface area contributed by atoms with E-state index >= 15 is 0 Å². The Morgan fingerprint density at radius 3 is 2.30 bits per heavy atom. The highest BCUT2D eigenvalue weighted by atomic mass is 16.2. The molecule has 124 valence electrons. The Hall–Kier alpha value is -1.84. The van der Waals surface area contributed by atoms with Crippen LogP contribution in [-0.2, 0) is 22.6 Å². The smallest absolute Gasteiger partial charge is 0.226 e. The molecule has 2 aliphatic heterocycles. The zero-order valence-corrected chi connectivity index (χ0v) is 14.1. The molecule has 2 amide bonds. The molecule has 4 heteroatoms. The van der Waals surface area contributed by atoms with Gasteiger partial charge in [0.25, 0.3) is 0 Å². The highest BCUT2D eigenvalue weighted by molar-refractivity contribution is 5.81. The minimum absolute atomic E-state index is 0.0425. The Morgan fingerprint density at radius 1 is 1.00 bits per heavy atom. The van der Waals surface area contributed by atoms with Crippen LogP contribution in [0.3, 0.4) is 0 Å². The van der Waals surface area contributed by atoms with Crippen LogP contribution >= 0.6 is 0 Å². The Morgan fingerprint density at radius 2 is 1.65 bits per heavy atom. The third-order valence-corrected chi connectivity index (χ3v) is 5.09. The molecule has 1 aromatic rings. The predicted molar refractivity (Wildman–Crippen MR) is 89.7 cm³/mol. The highest BCUT2D eigenvalue weighted by Gasteiger charge is 2.31. The van der Waals surface area contributed by atoms with Crippen molar-refractivity contribution in [2.24, 2.45) is 11.8 Å². The number of piperidine rings is 1. The lowest BCUT2D eigenvalue weighted by Gasteiger charge is -2.36. The SMILES string of the molecule is CC(C)C(=O)N1CCC(C(=O)N2CCc3ccccc3C2)CC1. The summed E-state index contributed by atoms with van der Waals surface area (Å²) in [6, 6.07) is 8.40. The third-order valence-electron chi connectivity index (χ3n) is 5.09. The maximum absolute atomic E-state index is 12.8. The molecule has 0 spiro atoms. The molecule has 0 N–H and O–H groups in total. The standard InChI is InChI=1S/C19H26N2O2/c1-14(2)18(22)20-10-8-16(9-11-20)19(23)21-12-7-15-5-3-4-6-17(15)13-21/h3-6,14,16H,7-13H2,1-2H3. The Bertz CT molecular complexity index is 589. The molecule has 3 rings (SSSR count). The number of likely N-dealkylation sites (tertiary alicyclic amines) is 1. The first-order valence-corrected chi connectivity index (χ1v) is 8.70. The third kappa shape index (κ3) is 3.41. The first kappa shape index (κ1) is 16.0. The van der Waals surface area contributed by atoms with Crippen LogP contribution < -0.4 is 0 Å². The first-order valence-electron chi connectivity index (χ1n) is 8.70. The van der Waals surface area contributed by atoms with Crippen LogP contribution in [0, 0.1) is 11.8 Å². The Kier molecular flexibility index (Phi) is 4.69. The monoisotopic (exact) mass is 314 g/mol. The van der Waals surface area contributed by atoms with Gasteiger partial charge in [0.05, 0.1) is 0 Å². The molecule has 23 heavy (non-hydrogen) atoms. The van der Waals surface area contributed by atoms with Crippen molar-refractivity contribution < 1.29 is 9.59 Å². The summed E-state index contributed by atoms with van der Waals surface area (Å²) >= 11 is 0. The zero-order chi connectivity index (χ0) is 16.4. The van der Waals surface area contributed by atoms with E-state index in [9.17, 15) is 9.59 Å². The number of fused-ring (bicyclic) bond motifs is 1. The molecule has 0 saturated carbocycles. The van der Waals surface area contributed by atoms with E-state index < -0.39 is 0 Å². The van der Waals surface area contributed by atoms with E-state index in [0.29, 0.717) is 0 Å². The van der Waals surface area contributed by atoms with Crippen LogP contribution in [0.25, 0.3) is 0 Å². The van der Waals surface area contributed by atoms with Crippen LogP contribution in [0.15, 0.2) is 24.3 Å². The lowest BCUT2D eigenvalue weighted by atomic mass is 9.92. The van der Waals surface area contributed by atoms with Crippen molar-refractivity contribution >= 4 is 11.8 Å². The van der Waals surface area contributed by atoms with E-state index in [0.717, 1.165) is 45.4 Å². The summed E-state index contributed by atoms with van der Waals surface area (Å²) < 4.78 is 0. The quantitative estimate of drug-likeness (QED) is 0.841. The summed E-state index contributed by atoms with van der Waals surface area (Å²) in [5, 5.41) is 0. The maximum atomic E-state index is 12.8. The van der Waals surface area contributed by atoms with E-state index in [1.807, 2.05) is 29.7 Å². The fourth-order valence-electron chi connectivity index (χ4n) is 3.65. The van der Waals surface area contributed by atoms with Gasteiger partial charge < -0.3 is 9.80 Å². The summed E-state index contributed by atoms with van der Waals surface area (Å²) in [5.74, 6) is 0.608. The molecule has 1 saturated heterocycles. The van der Waals surface area contributed by atoms with Gasteiger partial charge in [0.1, 0.15) is 0 Å². The van der Waals surface area contributed by atoms with Crippen LogP contribution in [0.4, 0.5) is 0 Å². The van der Waals surface area contributed by atoms with Gasteiger partial charge in [-0.2, -0.15) is 0 Å². The summed E-state index contributed by atoms with van der Waals surface area (Å²) in [4.78, 5) is 28.8. The summed E-state index contributed by atoms with van der Waals surface area (Å²) in [5.41, 5.74) is 2.65. The van der Waals surface area contributed by atoms with Gasteiger partial charge in [-0.25, -0.2) is 0 Å². The number of hydrogen-bond donors (Lipinski definition) is 0. The van der Waals surface area contributed by atoms with E-state index in [-0.39, 0.29) is 23.7 Å². The lowest BCUT2D eigenvalue weighted by Crippen LogP contribution is -2.46. The van der Waals surface area contributed by atoms with Crippen molar-refractivity contribution in [2.75, 3.05) is 19.6 Å². The van der Waals surface area contributed by atoms with Gasteiger partial charge in [-0.1, -0.05) is 38.1 Å². The normalized spacial score (nSPS) is 18.9. The van der Waals surface area contributed by atoms with Crippen LogP contribution in [0.5, 0.6) is 0 Å². The van der Waals surface area contributed by atoms with E-state index in [2.05, 4.69) is 18.2 Å². The topological polar surface area (TPSA) is 40.6 Å². The molecule has 0 radical (unpaired) electrons. The van der Waals surface area contributed by atoms with Crippen molar-refractivity contribution in [3.8, 4) is 0 Å². The fraction of sp³-hybridized carbons (Fsp3) is 0.579. The van der Waals surface area contributed by atoms with Gasteiger partial charge in [-0.15, -0.1) is 0 Å². The molecular weight excluding hydrogens is 288 g/mol. The molecule has 0 atom stereocenters. The van der Waals surface area contributed by atoms with Crippen LogP contribution in [0.1, 0.15) is 37.8 Å². The molecule has 4 nitrogen and oxygen atoms in total. The maximum Gasteiger partial charge on any atom is 0.226 e. The number of nitrogens with zero attached hydrogens (tertiary/aromatic N) is 2. The Labute approximate surface area is 138 Å². The number of carbonyl (C=O) groups is 2. The van der Waals surface area contributed by atoms with Gasteiger partial charge in [-0.05, 0) is 30.4 Å². The van der Waals surface area contributed by atoms with Crippen molar-refractivity contribution in [3.05, 3.63) is 35.4 Å². The molecule has 1 aromatic carbocycles. The first-order chi connectivity index (χ1) is 11.1. The molecule has 0 aromatic heterocycles. The van der Waals surface area contributed by atoms with Crippen molar-refractivity contribution in [2.45, 2.75) is 39.7 Å². The van der Waals surface area contributed by atoms with Crippen LogP contribution in [0.2, 0.25) is 0 Å². The fourth-order valence-corrected chi connectivity index (χ4v) is 3.65. The summed E-state index contributed by atoms with van der Waals surface area (Å²) in [7, 11) is 0. The molecule has 0 unspecified atom stereocenters. The van der Waals surface area contributed by atoms with Crippen molar-refractivity contribution in [1.82, 2.24) is 9.80 Å². The van der Waals surface area contributed by atoms with Crippen molar-refractivity contribution in [3.63, 3.8) is 0 Å². The largest absolute Gasteiger partial charge is 0.342 e. The highest BCUT2D eigenvalue weighted by Crippen LogP contribution is 2.25. The number of hydrogen-bond acceptors (Lipinski definition) is 2. The van der Waals surface area contributed by atoms with Gasteiger partial charge >= 0.3 is 0 Å². The average molecular weight is 314 g/mol. The molecule has 0 aliphatic carbocycles. The van der Waals surface area contributed by atoms with Crippen LogP contribution in [-0.4, -0.2) is 41.2 Å². The van der Waals surface area contributed by atoms with Gasteiger partial charge in [0, 0.05) is 38.0 Å². The molecule has 2 heterocycles. The second-order valence-corrected chi connectivity index (χ2v) is 7.03. The van der Waals surface area contributed by atoms with E-state index in [1.165, 1.54) is 11.1 Å². The van der Waals surface area contributed by atoms with E-state index in [1.54, 1.807) is 0 Å².